The lowest BCUT2D eigenvalue weighted by Gasteiger charge is -2.21. The van der Waals surface area contributed by atoms with Crippen LogP contribution in [0.1, 0.15) is 61.4 Å². The second-order valence-corrected chi connectivity index (χ2v) is 7.25. The van der Waals surface area contributed by atoms with E-state index in [0.29, 0.717) is 12.5 Å². The average Bonchev–Trinajstić information content (AvgIpc) is 3.09. The quantitative estimate of drug-likeness (QED) is 0.819. The van der Waals surface area contributed by atoms with Gasteiger partial charge in [0.25, 0.3) is 11.5 Å². The molecule has 1 saturated carbocycles. The molecule has 0 bridgehead atoms. The number of carbonyl (C=O) groups is 1. The lowest BCUT2D eigenvalue weighted by molar-refractivity contribution is 0.0924. The molecule has 4 heteroatoms. The van der Waals surface area contributed by atoms with E-state index in [9.17, 15) is 9.59 Å². The summed E-state index contributed by atoms with van der Waals surface area (Å²) in [6.07, 6.45) is 8.64. The predicted molar refractivity (Wildman–Crippen MR) is 104 cm³/mol. The minimum atomic E-state index is -0.231. The van der Waals surface area contributed by atoms with Crippen molar-refractivity contribution in [1.82, 2.24) is 9.88 Å². The van der Waals surface area contributed by atoms with Crippen LogP contribution in [0.15, 0.2) is 53.5 Å². The van der Waals surface area contributed by atoms with Crippen LogP contribution in [-0.2, 0) is 6.54 Å². The number of aromatic nitrogens is 1. The van der Waals surface area contributed by atoms with Crippen molar-refractivity contribution in [1.29, 1.82) is 0 Å². The summed E-state index contributed by atoms with van der Waals surface area (Å²) in [5, 5.41) is 3.13. The maximum Gasteiger partial charge on any atom is 0.263 e. The van der Waals surface area contributed by atoms with Crippen molar-refractivity contribution in [3.8, 4) is 0 Å². The maximum atomic E-state index is 12.7. The van der Waals surface area contributed by atoms with Crippen LogP contribution in [0.3, 0.4) is 0 Å². The molecule has 0 radical (unpaired) electrons. The Morgan fingerprint density at radius 2 is 1.96 bits per heavy atom. The standard InChI is InChI=1S/C22H28N2O2/c1-2-3-11-18-12-7-14-20(18)23-21(25)19-13-8-15-24(22(19)26)16-17-9-5-4-6-10-17/h4-6,8-10,13,15,18,20H,2-3,7,11-12,14,16H2,1H3,(H,23,25). The summed E-state index contributed by atoms with van der Waals surface area (Å²) in [4.78, 5) is 25.5. The van der Waals surface area contributed by atoms with Crippen molar-refractivity contribution < 1.29 is 4.79 Å². The summed E-state index contributed by atoms with van der Waals surface area (Å²) in [5.74, 6) is 0.319. The third-order valence-corrected chi connectivity index (χ3v) is 5.36. The lowest BCUT2D eigenvalue weighted by Crippen LogP contribution is -2.40. The SMILES string of the molecule is CCCCC1CCCC1NC(=O)c1cccn(Cc2ccccc2)c1=O. The van der Waals surface area contributed by atoms with Gasteiger partial charge in [-0.2, -0.15) is 0 Å². The normalized spacial score (nSPS) is 19.4. The molecule has 3 rings (SSSR count). The van der Waals surface area contributed by atoms with Gasteiger partial charge in [-0.3, -0.25) is 9.59 Å². The first-order chi connectivity index (χ1) is 12.7. The number of nitrogens with one attached hydrogen (secondary N) is 1. The smallest absolute Gasteiger partial charge is 0.263 e. The Kier molecular flexibility index (Phi) is 6.26. The average molecular weight is 352 g/mol. The van der Waals surface area contributed by atoms with Gasteiger partial charge in [0.15, 0.2) is 0 Å². The van der Waals surface area contributed by atoms with E-state index in [1.54, 1.807) is 22.9 Å². The number of carbonyl (C=O) groups excluding carboxylic acids is 1. The van der Waals surface area contributed by atoms with E-state index in [1.165, 1.54) is 19.3 Å². The van der Waals surface area contributed by atoms with E-state index in [2.05, 4.69) is 12.2 Å². The molecule has 0 spiro atoms. The zero-order valence-corrected chi connectivity index (χ0v) is 15.5. The Balaban J connectivity index is 1.71. The third-order valence-electron chi connectivity index (χ3n) is 5.36. The number of nitrogens with zero attached hydrogens (tertiary/aromatic N) is 1. The van der Waals surface area contributed by atoms with Gasteiger partial charge in [-0.15, -0.1) is 0 Å². The largest absolute Gasteiger partial charge is 0.349 e. The number of unbranched alkanes of at least 4 members (excludes halogenated alkanes) is 1. The highest BCUT2D eigenvalue weighted by molar-refractivity contribution is 5.94. The van der Waals surface area contributed by atoms with E-state index >= 15 is 0 Å². The van der Waals surface area contributed by atoms with E-state index in [1.807, 2.05) is 30.3 Å². The van der Waals surface area contributed by atoms with Crippen LogP contribution >= 0.6 is 0 Å². The van der Waals surface area contributed by atoms with E-state index < -0.39 is 0 Å². The molecule has 1 fully saturated rings. The zero-order chi connectivity index (χ0) is 18.4. The van der Waals surface area contributed by atoms with Gasteiger partial charge in [-0.25, -0.2) is 0 Å². The summed E-state index contributed by atoms with van der Waals surface area (Å²) in [6, 6.07) is 13.4. The number of benzene rings is 1. The second kappa shape index (κ2) is 8.84. The topological polar surface area (TPSA) is 51.1 Å². The first-order valence-corrected chi connectivity index (χ1v) is 9.73. The highest BCUT2D eigenvalue weighted by atomic mass is 16.2. The number of hydrogen-bond donors (Lipinski definition) is 1. The molecule has 0 aliphatic heterocycles. The Morgan fingerprint density at radius 3 is 2.73 bits per heavy atom. The number of pyridine rings is 1. The Labute approximate surface area is 155 Å². The fourth-order valence-corrected chi connectivity index (χ4v) is 3.90. The molecular formula is C22H28N2O2. The fraction of sp³-hybridized carbons (Fsp3) is 0.455. The van der Waals surface area contributed by atoms with Crippen LogP contribution in [0.5, 0.6) is 0 Å². The van der Waals surface area contributed by atoms with E-state index in [0.717, 1.165) is 24.8 Å². The van der Waals surface area contributed by atoms with Crippen molar-refractivity contribution in [2.45, 2.75) is 58.0 Å². The second-order valence-electron chi connectivity index (χ2n) is 7.25. The molecule has 138 valence electrons. The minimum absolute atomic E-state index is 0.205. The molecule has 0 saturated heterocycles. The molecule has 1 heterocycles. The number of hydrogen-bond acceptors (Lipinski definition) is 2. The summed E-state index contributed by atoms with van der Waals surface area (Å²) in [7, 11) is 0. The first kappa shape index (κ1) is 18.4. The molecule has 2 unspecified atom stereocenters. The molecule has 1 N–H and O–H groups in total. The number of rotatable bonds is 7. The fourth-order valence-electron chi connectivity index (χ4n) is 3.90. The third kappa shape index (κ3) is 4.43. The van der Waals surface area contributed by atoms with Crippen LogP contribution in [0.25, 0.3) is 0 Å². The van der Waals surface area contributed by atoms with Gasteiger partial charge in [0.05, 0.1) is 6.54 Å². The molecule has 1 amide bonds. The van der Waals surface area contributed by atoms with Crippen molar-refractivity contribution >= 4 is 5.91 Å². The minimum Gasteiger partial charge on any atom is -0.349 e. The summed E-state index contributed by atoms with van der Waals surface area (Å²) in [6.45, 7) is 2.67. The predicted octanol–water partition coefficient (Wildman–Crippen LogP) is 3.99. The van der Waals surface area contributed by atoms with Gasteiger partial charge in [0, 0.05) is 12.2 Å². The van der Waals surface area contributed by atoms with Gasteiger partial charge in [-0.05, 0) is 42.9 Å². The van der Waals surface area contributed by atoms with Gasteiger partial charge >= 0.3 is 0 Å². The highest BCUT2D eigenvalue weighted by Gasteiger charge is 2.28. The molecular weight excluding hydrogens is 324 g/mol. The van der Waals surface area contributed by atoms with Crippen LogP contribution < -0.4 is 10.9 Å². The van der Waals surface area contributed by atoms with E-state index in [-0.39, 0.29) is 23.1 Å². The van der Waals surface area contributed by atoms with Gasteiger partial charge in [0.2, 0.25) is 0 Å². The Hall–Kier alpha value is -2.36. The van der Waals surface area contributed by atoms with Crippen molar-refractivity contribution in [2.24, 2.45) is 5.92 Å². The van der Waals surface area contributed by atoms with Gasteiger partial charge in [0.1, 0.15) is 5.56 Å². The Bertz CT molecular complexity index is 782. The van der Waals surface area contributed by atoms with Crippen LogP contribution in [0, 0.1) is 5.92 Å². The van der Waals surface area contributed by atoms with Crippen LogP contribution in [0.2, 0.25) is 0 Å². The van der Waals surface area contributed by atoms with Crippen LogP contribution in [-0.4, -0.2) is 16.5 Å². The van der Waals surface area contributed by atoms with Crippen molar-refractivity contribution in [2.75, 3.05) is 0 Å². The van der Waals surface area contributed by atoms with E-state index in [4.69, 9.17) is 0 Å². The molecule has 4 nitrogen and oxygen atoms in total. The molecule has 26 heavy (non-hydrogen) atoms. The summed E-state index contributed by atoms with van der Waals surface area (Å²) >= 11 is 0. The molecule has 1 aliphatic rings. The monoisotopic (exact) mass is 352 g/mol. The van der Waals surface area contributed by atoms with Gasteiger partial charge < -0.3 is 9.88 Å². The summed E-state index contributed by atoms with van der Waals surface area (Å²) < 4.78 is 1.60. The lowest BCUT2D eigenvalue weighted by atomic mass is 9.96. The molecule has 2 aromatic rings. The first-order valence-electron chi connectivity index (χ1n) is 9.73. The Morgan fingerprint density at radius 1 is 1.15 bits per heavy atom. The van der Waals surface area contributed by atoms with Crippen molar-refractivity contribution in [3.05, 3.63) is 70.1 Å². The number of amides is 1. The molecule has 1 aromatic carbocycles. The molecule has 1 aliphatic carbocycles. The van der Waals surface area contributed by atoms with Crippen molar-refractivity contribution in [3.63, 3.8) is 0 Å². The molecule has 1 aromatic heterocycles. The maximum absolute atomic E-state index is 12.7. The zero-order valence-electron chi connectivity index (χ0n) is 15.5. The highest BCUT2D eigenvalue weighted by Crippen LogP contribution is 2.30. The van der Waals surface area contributed by atoms with Crippen LogP contribution in [0.4, 0.5) is 0 Å². The molecule has 2 atom stereocenters. The summed E-state index contributed by atoms with van der Waals surface area (Å²) in [5.41, 5.74) is 1.06. The van der Waals surface area contributed by atoms with Gasteiger partial charge in [-0.1, -0.05) is 56.5 Å².